The van der Waals surface area contributed by atoms with Crippen LogP contribution in [0.4, 0.5) is 0 Å². The number of aromatic nitrogens is 1. The van der Waals surface area contributed by atoms with Gasteiger partial charge < -0.3 is 9.47 Å². The number of likely N-dealkylation sites (tertiary alicyclic amines) is 1. The van der Waals surface area contributed by atoms with E-state index in [2.05, 4.69) is 47.9 Å². The van der Waals surface area contributed by atoms with Crippen molar-refractivity contribution in [1.29, 1.82) is 0 Å². The van der Waals surface area contributed by atoms with Crippen molar-refractivity contribution in [2.24, 2.45) is 0 Å². The molecule has 3 aromatic rings. The van der Waals surface area contributed by atoms with Crippen LogP contribution in [0.15, 0.2) is 42.5 Å². The minimum absolute atomic E-state index is 0.180. The van der Waals surface area contributed by atoms with Crippen molar-refractivity contribution in [2.75, 3.05) is 13.1 Å². The van der Waals surface area contributed by atoms with Crippen molar-refractivity contribution in [2.45, 2.75) is 26.3 Å². The molecule has 0 radical (unpaired) electrons. The van der Waals surface area contributed by atoms with Gasteiger partial charge in [-0.05, 0) is 37.5 Å². The first-order valence-corrected chi connectivity index (χ1v) is 8.97. The second-order valence-electron chi connectivity index (χ2n) is 6.21. The molecule has 0 bridgehead atoms. The van der Waals surface area contributed by atoms with E-state index in [4.69, 9.17) is 0 Å². The Hall–Kier alpha value is -2.07. The summed E-state index contributed by atoms with van der Waals surface area (Å²) in [5.74, 6) is 0.180. The van der Waals surface area contributed by atoms with Gasteiger partial charge in [0.2, 0.25) is 0 Å². The largest absolute Gasteiger partial charge is 0.337 e. The molecule has 1 fully saturated rings. The summed E-state index contributed by atoms with van der Waals surface area (Å²) in [5.41, 5.74) is 3.24. The molecule has 3 nitrogen and oxygen atoms in total. The second kappa shape index (κ2) is 5.85. The maximum atomic E-state index is 12.9. The zero-order valence-corrected chi connectivity index (χ0v) is 14.1. The summed E-state index contributed by atoms with van der Waals surface area (Å²) in [6.45, 7) is 4.65. The monoisotopic (exact) mass is 324 g/mol. The number of carbonyl (C=O) groups is 1. The zero-order chi connectivity index (χ0) is 15.8. The van der Waals surface area contributed by atoms with Gasteiger partial charge >= 0.3 is 0 Å². The molecular formula is C19H20N2OS. The number of rotatable bonds is 3. The molecule has 1 aliphatic heterocycles. The zero-order valence-electron chi connectivity index (χ0n) is 13.3. The molecule has 2 aromatic heterocycles. The highest BCUT2D eigenvalue weighted by Crippen LogP contribution is 2.30. The number of nitrogens with zero attached hydrogens (tertiary/aromatic N) is 2. The molecule has 23 heavy (non-hydrogen) atoms. The first kappa shape index (κ1) is 14.5. The molecular weight excluding hydrogens is 304 g/mol. The topological polar surface area (TPSA) is 25.2 Å². The van der Waals surface area contributed by atoms with Gasteiger partial charge in [-0.25, -0.2) is 0 Å². The van der Waals surface area contributed by atoms with Crippen LogP contribution in [-0.4, -0.2) is 28.5 Å². The quantitative estimate of drug-likeness (QED) is 0.705. The first-order chi connectivity index (χ1) is 11.2. The Bertz CT molecular complexity index is 841. The fourth-order valence-corrected chi connectivity index (χ4v) is 4.32. The fourth-order valence-electron chi connectivity index (χ4n) is 3.36. The average molecular weight is 324 g/mol. The Morgan fingerprint density at radius 1 is 1.13 bits per heavy atom. The van der Waals surface area contributed by atoms with Crippen LogP contribution in [0.5, 0.6) is 0 Å². The van der Waals surface area contributed by atoms with Crippen molar-refractivity contribution >= 4 is 27.5 Å². The van der Waals surface area contributed by atoms with Crippen LogP contribution < -0.4 is 0 Å². The summed E-state index contributed by atoms with van der Waals surface area (Å²) < 4.78 is 3.40. The van der Waals surface area contributed by atoms with Crippen molar-refractivity contribution in [3.63, 3.8) is 0 Å². The van der Waals surface area contributed by atoms with Gasteiger partial charge in [-0.2, -0.15) is 0 Å². The van der Waals surface area contributed by atoms with Gasteiger partial charge in [0.05, 0.1) is 10.2 Å². The lowest BCUT2D eigenvalue weighted by Gasteiger charge is -2.17. The van der Waals surface area contributed by atoms with Crippen LogP contribution in [0.3, 0.4) is 0 Å². The van der Waals surface area contributed by atoms with Crippen molar-refractivity contribution in [1.82, 2.24) is 9.47 Å². The Balaban J connectivity index is 1.78. The summed E-state index contributed by atoms with van der Waals surface area (Å²) in [7, 11) is 0. The van der Waals surface area contributed by atoms with Gasteiger partial charge in [-0.1, -0.05) is 30.3 Å². The number of carbonyl (C=O) groups excluding carboxylic acids is 1. The standard InChI is InChI=1S/C19H20N2OS/c1-14-11-16-18(23-14)12-17(19(22)20-9-5-6-10-20)21(16)13-15-7-3-2-4-8-15/h2-4,7-8,11-12H,5-6,9-10,13H2,1H3. The first-order valence-electron chi connectivity index (χ1n) is 8.15. The number of aryl methyl sites for hydroxylation is 1. The fraction of sp³-hybridized carbons (Fsp3) is 0.316. The normalized spacial score (nSPS) is 14.7. The highest BCUT2D eigenvalue weighted by Gasteiger charge is 2.24. The molecule has 0 saturated carbocycles. The van der Waals surface area contributed by atoms with Crippen molar-refractivity contribution < 1.29 is 4.79 Å². The molecule has 0 unspecified atom stereocenters. The van der Waals surface area contributed by atoms with Crippen LogP contribution in [0.25, 0.3) is 10.2 Å². The molecule has 0 aliphatic carbocycles. The molecule has 1 amide bonds. The van der Waals surface area contributed by atoms with E-state index in [1.165, 1.54) is 20.7 Å². The van der Waals surface area contributed by atoms with Gasteiger partial charge in [-0.3, -0.25) is 4.79 Å². The lowest BCUT2D eigenvalue weighted by molar-refractivity contribution is 0.0783. The SMILES string of the molecule is Cc1cc2c(cc(C(=O)N3CCCC3)n2Cc2ccccc2)s1. The third kappa shape index (κ3) is 2.68. The minimum Gasteiger partial charge on any atom is -0.337 e. The van der Waals surface area contributed by atoms with E-state index in [-0.39, 0.29) is 5.91 Å². The number of hydrogen-bond acceptors (Lipinski definition) is 2. The molecule has 1 aromatic carbocycles. The second-order valence-corrected chi connectivity index (χ2v) is 7.50. The maximum Gasteiger partial charge on any atom is 0.270 e. The van der Waals surface area contributed by atoms with E-state index in [0.717, 1.165) is 38.2 Å². The van der Waals surface area contributed by atoms with Gasteiger partial charge in [-0.15, -0.1) is 11.3 Å². The Labute approximate surface area is 140 Å². The third-order valence-corrected chi connectivity index (χ3v) is 5.50. The van der Waals surface area contributed by atoms with Gasteiger partial charge in [0.25, 0.3) is 5.91 Å². The van der Waals surface area contributed by atoms with E-state index < -0.39 is 0 Å². The van der Waals surface area contributed by atoms with E-state index in [1.54, 1.807) is 11.3 Å². The third-order valence-electron chi connectivity index (χ3n) is 4.51. The highest BCUT2D eigenvalue weighted by atomic mass is 32.1. The number of benzene rings is 1. The molecule has 118 valence electrons. The molecule has 4 heteroatoms. The van der Waals surface area contributed by atoms with Gasteiger partial charge in [0, 0.05) is 24.5 Å². The minimum atomic E-state index is 0.180. The van der Waals surface area contributed by atoms with Gasteiger partial charge in [0.1, 0.15) is 5.69 Å². The lowest BCUT2D eigenvalue weighted by Crippen LogP contribution is -2.29. The van der Waals surface area contributed by atoms with Crippen LogP contribution in [0.1, 0.15) is 33.8 Å². The maximum absolute atomic E-state index is 12.9. The molecule has 1 saturated heterocycles. The van der Waals surface area contributed by atoms with Crippen LogP contribution in [-0.2, 0) is 6.54 Å². The Morgan fingerprint density at radius 3 is 2.61 bits per heavy atom. The van der Waals surface area contributed by atoms with Crippen molar-refractivity contribution in [3.8, 4) is 0 Å². The summed E-state index contributed by atoms with van der Waals surface area (Å²) in [4.78, 5) is 16.2. The molecule has 3 heterocycles. The lowest BCUT2D eigenvalue weighted by atomic mass is 10.2. The van der Waals surface area contributed by atoms with E-state index >= 15 is 0 Å². The summed E-state index contributed by atoms with van der Waals surface area (Å²) in [6.07, 6.45) is 2.25. The van der Waals surface area contributed by atoms with Gasteiger partial charge in [0.15, 0.2) is 0 Å². The van der Waals surface area contributed by atoms with Crippen LogP contribution in [0, 0.1) is 6.92 Å². The average Bonchev–Trinajstić information content (AvgIpc) is 3.26. The van der Waals surface area contributed by atoms with Crippen LogP contribution in [0.2, 0.25) is 0 Å². The Kier molecular flexibility index (Phi) is 3.69. The smallest absolute Gasteiger partial charge is 0.270 e. The van der Waals surface area contributed by atoms with E-state index in [1.807, 2.05) is 11.0 Å². The summed E-state index contributed by atoms with van der Waals surface area (Å²) >= 11 is 1.77. The predicted molar refractivity (Wildman–Crippen MR) is 95.2 cm³/mol. The molecule has 4 rings (SSSR count). The highest BCUT2D eigenvalue weighted by molar-refractivity contribution is 7.19. The van der Waals surface area contributed by atoms with Crippen molar-refractivity contribution in [3.05, 3.63) is 58.6 Å². The number of fused-ring (bicyclic) bond motifs is 1. The molecule has 0 spiro atoms. The number of thiophene rings is 1. The summed E-state index contributed by atoms with van der Waals surface area (Å²) in [6, 6.07) is 14.7. The Morgan fingerprint density at radius 2 is 1.87 bits per heavy atom. The van der Waals surface area contributed by atoms with E-state index in [9.17, 15) is 4.79 Å². The number of hydrogen-bond donors (Lipinski definition) is 0. The van der Waals surface area contributed by atoms with Crippen LogP contribution >= 0.6 is 11.3 Å². The summed E-state index contributed by atoms with van der Waals surface area (Å²) in [5, 5.41) is 0. The molecule has 0 N–H and O–H groups in total. The molecule has 1 aliphatic rings. The van der Waals surface area contributed by atoms with E-state index in [0.29, 0.717) is 0 Å². The molecule has 0 atom stereocenters. The number of amides is 1. The predicted octanol–water partition coefficient (Wildman–Crippen LogP) is 4.30.